The second-order valence-electron chi connectivity index (χ2n) is 5.57. The maximum atomic E-state index is 6.28. The fourth-order valence-electron chi connectivity index (χ4n) is 2.67. The minimum atomic E-state index is -0.166. The summed E-state index contributed by atoms with van der Waals surface area (Å²) in [7, 11) is 1.59. The predicted octanol–water partition coefficient (Wildman–Crippen LogP) is 3.18. The van der Waals surface area contributed by atoms with E-state index in [1.54, 1.807) is 7.11 Å². The molecule has 0 bridgehead atoms. The van der Waals surface area contributed by atoms with Crippen molar-refractivity contribution in [1.29, 1.82) is 0 Å². The number of ether oxygens (including phenoxy) is 1. The van der Waals surface area contributed by atoms with Crippen molar-refractivity contribution < 1.29 is 4.74 Å². The molecule has 0 N–H and O–H groups in total. The molecule has 1 aliphatic rings. The van der Waals surface area contributed by atoms with Crippen LogP contribution in [0, 0.1) is 11.8 Å². The first-order valence-electron chi connectivity index (χ1n) is 7.01. The van der Waals surface area contributed by atoms with Crippen molar-refractivity contribution in [2.75, 3.05) is 7.11 Å². The Morgan fingerprint density at radius 1 is 1.40 bits per heavy atom. The van der Waals surface area contributed by atoms with Gasteiger partial charge in [0.2, 0.25) is 5.88 Å². The van der Waals surface area contributed by atoms with E-state index >= 15 is 0 Å². The monoisotopic (exact) mass is 294 g/mol. The number of rotatable bonds is 5. The number of imidazole rings is 1. The van der Waals surface area contributed by atoms with Crippen molar-refractivity contribution in [3.63, 3.8) is 0 Å². The lowest BCUT2D eigenvalue weighted by molar-refractivity contribution is 0.401. The van der Waals surface area contributed by atoms with Gasteiger partial charge >= 0.3 is 0 Å². The average Bonchev–Trinajstić information content (AvgIpc) is 3.21. The minimum absolute atomic E-state index is 0.166. The molecule has 1 saturated carbocycles. The van der Waals surface area contributed by atoms with E-state index in [0.29, 0.717) is 17.3 Å². The topological polar surface area (TPSA) is 52.8 Å². The molecule has 2 atom stereocenters. The molecule has 20 heavy (non-hydrogen) atoms. The first-order valence-corrected chi connectivity index (χ1v) is 7.44. The van der Waals surface area contributed by atoms with E-state index in [9.17, 15) is 0 Å². The van der Waals surface area contributed by atoms with E-state index in [-0.39, 0.29) is 5.38 Å². The van der Waals surface area contributed by atoms with Crippen molar-refractivity contribution in [1.82, 2.24) is 19.5 Å². The van der Waals surface area contributed by atoms with E-state index in [1.807, 2.05) is 6.92 Å². The molecule has 2 unspecified atom stereocenters. The third-order valence-electron chi connectivity index (χ3n) is 3.97. The Bertz CT molecular complexity index is 621. The zero-order valence-corrected chi connectivity index (χ0v) is 12.8. The van der Waals surface area contributed by atoms with Gasteiger partial charge in [-0.1, -0.05) is 6.92 Å². The molecule has 0 radical (unpaired) electrons. The van der Waals surface area contributed by atoms with Crippen LogP contribution < -0.4 is 4.74 Å². The Morgan fingerprint density at radius 3 is 2.75 bits per heavy atom. The molecule has 0 amide bonds. The van der Waals surface area contributed by atoms with Crippen LogP contribution in [0.25, 0.3) is 11.2 Å². The number of hydrogen-bond donors (Lipinski definition) is 0. The lowest BCUT2D eigenvalue weighted by atomic mass is 10.1. The van der Waals surface area contributed by atoms with Gasteiger partial charge in [-0.2, -0.15) is 4.98 Å². The molecule has 0 aromatic carbocycles. The van der Waals surface area contributed by atoms with Crippen molar-refractivity contribution in [3.05, 3.63) is 12.2 Å². The molecule has 0 saturated heterocycles. The van der Waals surface area contributed by atoms with E-state index in [1.165, 1.54) is 19.2 Å². The average molecular weight is 295 g/mol. The summed E-state index contributed by atoms with van der Waals surface area (Å²) in [5.41, 5.74) is 1.51. The number of methoxy groups -OCH3 is 1. The van der Waals surface area contributed by atoms with Gasteiger partial charge in [0.1, 0.15) is 12.2 Å². The van der Waals surface area contributed by atoms with Gasteiger partial charge in [0, 0.05) is 6.54 Å². The van der Waals surface area contributed by atoms with Crippen molar-refractivity contribution in [2.45, 2.75) is 38.6 Å². The van der Waals surface area contributed by atoms with E-state index in [4.69, 9.17) is 16.3 Å². The molecule has 1 aliphatic carbocycles. The maximum Gasteiger partial charge on any atom is 0.245 e. The first kappa shape index (κ1) is 13.6. The van der Waals surface area contributed by atoms with Gasteiger partial charge < -0.3 is 9.30 Å². The van der Waals surface area contributed by atoms with Crippen LogP contribution in [-0.2, 0) is 6.54 Å². The van der Waals surface area contributed by atoms with Crippen molar-refractivity contribution in [3.8, 4) is 5.88 Å². The molecular weight excluding hydrogens is 276 g/mol. The lowest BCUT2D eigenvalue weighted by Gasteiger charge is -2.15. The molecule has 2 aromatic rings. The molecule has 3 rings (SSSR count). The van der Waals surface area contributed by atoms with Crippen LogP contribution in [0.1, 0.15) is 37.9 Å². The summed E-state index contributed by atoms with van der Waals surface area (Å²) < 4.78 is 7.40. The van der Waals surface area contributed by atoms with Gasteiger partial charge in [0.25, 0.3) is 0 Å². The van der Waals surface area contributed by atoms with Gasteiger partial charge in [0.15, 0.2) is 11.2 Å². The molecule has 0 aliphatic heterocycles. The summed E-state index contributed by atoms with van der Waals surface area (Å²) in [4.78, 5) is 13.1. The molecule has 0 spiro atoms. The van der Waals surface area contributed by atoms with Crippen LogP contribution in [0.5, 0.6) is 5.88 Å². The highest BCUT2D eigenvalue weighted by Crippen LogP contribution is 2.38. The predicted molar refractivity (Wildman–Crippen MR) is 78.0 cm³/mol. The number of aromatic nitrogens is 4. The van der Waals surface area contributed by atoms with Crippen LogP contribution in [0.2, 0.25) is 0 Å². The van der Waals surface area contributed by atoms with Gasteiger partial charge in [-0.3, -0.25) is 0 Å². The molecule has 2 aromatic heterocycles. The summed E-state index contributed by atoms with van der Waals surface area (Å²) in [5.74, 6) is 2.79. The zero-order valence-electron chi connectivity index (χ0n) is 12.0. The summed E-state index contributed by atoms with van der Waals surface area (Å²) in [6, 6.07) is 0. The first-order chi connectivity index (χ1) is 9.61. The van der Waals surface area contributed by atoms with Gasteiger partial charge in [-0.25, -0.2) is 9.97 Å². The molecule has 108 valence electrons. The fraction of sp³-hybridized carbons (Fsp3) is 0.643. The van der Waals surface area contributed by atoms with Crippen LogP contribution >= 0.6 is 11.6 Å². The zero-order chi connectivity index (χ0) is 14.3. The standard InChI is InChI=1S/C14H19ClN4O/c1-8(10-4-5-10)6-19-12(9(2)15)18-11-13(19)16-7-17-14(11)20-3/h7-10H,4-6H2,1-3H3. The summed E-state index contributed by atoms with van der Waals surface area (Å²) in [6.45, 7) is 5.11. The minimum Gasteiger partial charge on any atom is -0.479 e. The van der Waals surface area contributed by atoms with Gasteiger partial charge in [0.05, 0.1) is 12.5 Å². The lowest BCUT2D eigenvalue weighted by Crippen LogP contribution is -2.13. The smallest absolute Gasteiger partial charge is 0.245 e. The molecule has 2 heterocycles. The molecule has 6 heteroatoms. The third-order valence-corrected chi connectivity index (χ3v) is 4.17. The fourth-order valence-corrected chi connectivity index (χ4v) is 2.83. The van der Waals surface area contributed by atoms with Crippen molar-refractivity contribution in [2.24, 2.45) is 11.8 Å². The Morgan fingerprint density at radius 2 is 2.15 bits per heavy atom. The Balaban J connectivity index is 2.08. The number of hydrogen-bond acceptors (Lipinski definition) is 4. The van der Waals surface area contributed by atoms with Crippen LogP contribution in [0.15, 0.2) is 6.33 Å². The number of alkyl halides is 1. The maximum absolute atomic E-state index is 6.28. The van der Waals surface area contributed by atoms with Crippen LogP contribution in [0.3, 0.4) is 0 Å². The third kappa shape index (κ3) is 2.35. The van der Waals surface area contributed by atoms with Gasteiger partial charge in [-0.05, 0) is 31.6 Å². The Hall–Kier alpha value is -1.36. The van der Waals surface area contributed by atoms with Crippen LogP contribution in [-0.4, -0.2) is 26.6 Å². The molecule has 1 fully saturated rings. The quantitative estimate of drug-likeness (QED) is 0.795. The Kier molecular flexibility index (Phi) is 3.54. The molecule has 5 nitrogen and oxygen atoms in total. The summed E-state index contributed by atoms with van der Waals surface area (Å²) in [6.07, 6.45) is 4.18. The van der Waals surface area contributed by atoms with Crippen molar-refractivity contribution >= 4 is 22.8 Å². The van der Waals surface area contributed by atoms with E-state index in [0.717, 1.165) is 23.9 Å². The Labute approximate surface area is 123 Å². The van der Waals surface area contributed by atoms with E-state index < -0.39 is 0 Å². The van der Waals surface area contributed by atoms with Gasteiger partial charge in [-0.15, -0.1) is 11.6 Å². The number of nitrogens with zero attached hydrogens (tertiary/aromatic N) is 4. The van der Waals surface area contributed by atoms with E-state index in [2.05, 4.69) is 26.4 Å². The summed E-state index contributed by atoms with van der Waals surface area (Å²) in [5, 5.41) is -0.166. The second kappa shape index (κ2) is 5.20. The normalized spacial score (nSPS) is 18.2. The summed E-state index contributed by atoms with van der Waals surface area (Å²) >= 11 is 6.28. The SMILES string of the molecule is COc1ncnc2c1nc(C(C)Cl)n2CC(C)C1CC1. The highest BCUT2D eigenvalue weighted by molar-refractivity contribution is 6.20. The van der Waals surface area contributed by atoms with Crippen LogP contribution in [0.4, 0.5) is 0 Å². The highest BCUT2D eigenvalue weighted by Gasteiger charge is 2.30. The largest absolute Gasteiger partial charge is 0.479 e. The number of halogens is 1. The highest BCUT2D eigenvalue weighted by atomic mass is 35.5. The molecular formula is C14H19ClN4O. The number of fused-ring (bicyclic) bond motifs is 1. The second-order valence-corrected chi connectivity index (χ2v) is 6.22.